The van der Waals surface area contributed by atoms with E-state index in [-0.39, 0.29) is 5.56 Å². The number of halogens is 1. The van der Waals surface area contributed by atoms with E-state index in [9.17, 15) is 9.59 Å². The minimum absolute atomic E-state index is 0.135. The second-order valence-electron chi connectivity index (χ2n) is 4.33. The van der Waals surface area contributed by atoms with E-state index in [0.29, 0.717) is 16.7 Å². The third kappa shape index (κ3) is 2.87. The van der Waals surface area contributed by atoms with Crippen molar-refractivity contribution in [3.8, 4) is 5.75 Å². The van der Waals surface area contributed by atoms with Crippen molar-refractivity contribution >= 4 is 32.9 Å². The van der Waals surface area contributed by atoms with Gasteiger partial charge in [0.25, 0.3) is 0 Å². The number of hydrogen-bond acceptors (Lipinski definition) is 4. The Labute approximate surface area is 128 Å². The standard InChI is InChI=1S/C16H9BrO4/c17-11-6-7-14-10(8-11)9-13(16(19)21-14)15(18)20-12-4-2-1-3-5-12/h1-9H. The second kappa shape index (κ2) is 5.54. The van der Waals surface area contributed by atoms with Crippen LogP contribution in [0.1, 0.15) is 10.4 Å². The molecule has 0 atom stereocenters. The van der Waals surface area contributed by atoms with Crippen LogP contribution in [0, 0.1) is 0 Å². The van der Waals surface area contributed by atoms with Crippen LogP contribution in [0.5, 0.6) is 5.75 Å². The van der Waals surface area contributed by atoms with E-state index < -0.39 is 11.6 Å². The van der Waals surface area contributed by atoms with Gasteiger partial charge in [0.05, 0.1) is 0 Å². The summed E-state index contributed by atoms with van der Waals surface area (Å²) in [6.45, 7) is 0. The molecule has 0 aliphatic heterocycles. The van der Waals surface area contributed by atoms with Crippen LogP contribution in [0.15, 0.2) is 68.3 Å². The summed E-state index contributed by atoms with van der Waals surface area (Å²) >= 11 is 3.33. The lowest BCUT2D eigenvalue weighted by atomic mass is 10.2. The summed E-state index contributed by atoms with van der Waals surface area (Å²) in [7, 11) is 0. The molecule has 1 heterocycles. The van der Waals surface area contributed by atoms with Crippen molar-refractivity contribution in [3.05, 3.63) is 75.1 Å². The predicted octanol–water partition coefficient (Wildman–Crippen LogP) is 3.77. The molecule has 0 bridgehead atoms. The Balaban J connectivity index is 2.01. The number of hydrogen-bond donors (Lipinski definition) is 0. The van der Waals surface area contributed by atoms with E-state index in [1.54, 1.807) is 48.5 Å². The molecule has 0 spiro atoms. The van der Waals surface area contributed by atoms with Crippen molar-refractivity contribution in [3.63, 3.8) is 0 Å². The zero-order valence-corrected chi connectivity index (χ0v) is 12.3. The lowest BCUT2D eigenvalue weighted by Gasteiger charge is -2.04. The first kappa shape index (κ1) is 13.6. The molecule has 0 amide bonds. The first-order valence-electron chi connectivity index (χ1n) is 6.14. The van der Waals surface area contributed by atoms with Crippen LogP contribution < -0.4 is 10.4 Å². The Bertz CT molecular complexity index is 868. The summed E-state index contributed by atoms with van der Waals surface area (Å²) in [6, 6.07) is 15.2. The molecule has 0 fully saturated rings. The summed E-state index contributed by atoms with van der Waals surface area (Å²) in [4.78, 5) is 23.9. The maximum atomic E-state index is 12.1. The summed E-state index contributed by atoms with van der Waals surface area (Å²) in [5.74, 6) is -0.368. The van der Waals surface area contributed by atoms with Crippen molar-refractivity contribution < 1.29 is 13.9 Å². The SMILES string of the molecule is O=C(Oc1ccccc1)c1cc2cc(Br)ccc2oc1=O. The predicted molar refractivity (Wildman–Crippen MR) is 81.6 cm³/mol. The van der Waals surface area contributed by atoms with E-state index in [2.05, 4.69) is 15.9 Å². The largest absolute Gasteiger partial charge is 0.423 e. The fourth-order valence-corrected chi connectivity index (χ4v) is 2.27. The van der Waals surface area contributed by atoms with Crippen LogP contribution in [0.25, 0.3) is 11.0 Å². The molecule has 104 valence electrons. The third-order valence-corrected chi connectivity index (χ3v) is 3.36. The Morgan fingerprint density at radius 3 is 2.57 bits per heavy atom. The number of ether oxygens (including phenoxy) is 1. The fourth-order valence-electron chi connectivity index (χ4n) is 1.89. The topological polar surface area (TPSA) is 56.5 Å². The molecule has 0 saturated carbocycles. The summed E-state index contributed by atoms with van der Waals surface area (Å²) in [5, 5.41) is 0.643. The van der Waals surface area contributed by atoms with Gasteiger partial charge in [-0.15, -0.1) is 0 Å². The Morgan fingerprint density at radius 1 is 1.05 bits per heavy atom. The average molecular weight is 345 g/mol. The van der Waals surface area contributed by atoms with Crippen molar-refractivity contribution in [2.24, 2.45) is 0 Å². The molecular formula is C16H9BrO4. The Morgan fingerprint density at radius 2 is 1.81 bits per heavy atom. The molecule has 0 unspecified atom stereocenters. The summed E-state index contributed by atoms with van der Waals surface area (Å²) < 4.78 is 11.1. The molecule has 4 nitrogen and oxygen atoms in total. The highest BCUT2D eigenvalue weighted by Crippen LogP contribution is 2.20. The number of carbonyl (C=O) groups is 1. The maximum Gasteiger partial charge on any atom is 0.351 e. The monoisotopic (exact) mass is 344 g/mol. The number of esters is 1. The number of benzene rings is 2. The lowest BCUT2D eigenvalue weighted by Crippen LogP contribution is -2.18. The normalized spacial score (nSPS) is 10.5. The van der Waals surface area contributed by atoms with Gasteiger partial charge in [-0.3, -0.25) is 0 Å². The van der Waals surface area contributed by atoms with Crippen LogP contribution >= 0.6 is 15.9 Å². The number of fused-ring (bicyclic) bond motifs is 1. The van der Waals surface area contributed by atoms with Gasteiger partial charge < -0.3 is 9.15 Å². The highest BCUT2D eigenvalue weighted by atomic mass is 79.9. The molecule has 2 aromatic carbocycles. The van der Waals surface area contributed by atoms with Gasteiger partial charge in [-0.25, -0.2) is 9.59 Å². The van der Waals surface area contributed by atoms with E-state index in [0.717, 1.165) is 4.47 Å². The molecule has 1 aromatic heterocycles. The molecule has 0 aliphatic rings. The lowest BCUT2D eigenvalue weighted by molar-refractivity contribution is 0.0730. The van der Waals surface area contributed by atoms with Gasteiger partial charge in [-0.1, -0.05) is 34.1 Å². The first-order valence-corrected chi connectivity index (χ1v) is 6.93. The highest BCUT2D eigenvalue weighted by Gasteiger charge is 2.16. The minimum atomic E-state index is -0.739. The average Bonchev–Trinajstić information content (AvgIpc) is 2.48. The van der Waals surface area contributed by atoms with Gasteiger partial charge in [-0.2, -0.15) is 0 Å². The highest BCUT2D eigenvalue weighted by molar-refractivity contribution is 9.10. The molecule has 21 heavy (non-hydrogen) atoms. The van der Waals surface area contributed by atoms with E-state index >= 15 is 0 Å². The zero-order valence-electron chi connectivity index (χ0n) is 10.7. The van der Waals surface area contributed by atoms with E-state index in [4.69, 9.17) is 9.15 Å². The van der Waals surface area contributed by atoms with Gasteiger partial charge in [-0.05, 0) is 36.4 Å². The summed E-state index contributed by atoms with van der Waals surface area (Å²) in [6.07, 6.45) is 0. The zero-order chi connectivity index (χ0) is 14.8. The molecule has 3 aromatic rings. The molecular weight excluding hydrogens is 336 g/mol. The van der Waals surface area contributed by atoms with Crippen LogP contribution in [-0.2, 0) is 0 Å². The van der Waals surface area contributed by atoms with Gasteiger partial charge >= 0.3 is 11.6 Å². The second-order valence-corrected chi connectivity index (χ2v) is 5.25. The third-order valence-electron chi connectivity index (χ3n) is 2.87. The van der Waals surface area contributed by atoms with Gasteiger partial charge in [0.15, 0.2) is 0 Å². The van der Waals surface area contributed by atoms with Crippen molar-refractivity contribution in [1.82, 2.24) is 0 Å². The molecule has 0 aliphatic carbocycles. The number of rotatable bonds is 2. The molecule has 5 heteroatoms. The van der Waals surface area contributed by atoms with Crippen LogP contribution in [0.2, 0.25) is 0 Å². The quantitative estimate of drug-likeness (QED) is 0.403. The molecule has 0 saturated heterocycles. The Hall–Kier alpha value is -2.40. The van der Waals surface area contributed by atoms with Crippen LogP contribution in [-0.4, -0.2) is 5.97 Å². The molecule has 0 N–H and O–H groups in total. The first-order chi connectivity index (χ1) is 10.1. The van der Waals surface area contributed by atoms with E-state index in [1.807, 2.05) is 0 Å². The van der Waals surface area contributed by atoms with Gasteiger partial charge in [0, 0.05) is 9.86 Å². The van der Waals surface area contributed by atoms with Gasteiger partial charge in [0.2, 0.25) is 0 Å². The van der Waals surface area contributed by atoms with E-state index in [1.165, 1.54) is 6.07 Å². The van der Waals surface area contributed by atoms with Gasteiger partial charge in [0.1, 0.15) is 16.9 Å². The number of carbonyl (C=O) groups excluding carboxylic acids is 1. The van der Waals surface area contributed by atoms with Crippen molar-refractivity contribution in [1.29, 1.82) is 0 Å². The van der Waals surface area contributed by atoms with Crippen molar-refractivity contribution in [2.45, 2.75) is 0 Å². The van der Waals surface area contributed by atoms with Crippen LogP contribution in [0.3, 0.4) is 0 Å². The smallest absolute Gasteiger partial charge is 0.351 e. The minimum Gasteiger partial charge on any atom is -0.423 e. The molecule has 0 radical (unpaired) electrons. The van der Waals surface area contributed by atoms with Crippen LogP contribution in [0.4, 0.5) is 0 Å². The summed E-state index contributed by atoms with van der Waals surface area (Å²) in [5.41, 5.74) is -0.435. The number of para-hydroxylation sites is 1. The van der Waals surface area contributed by atoms with Crippen molar-refractivity contribution in [2.75, 3.05) is 0 Å². The Kier molecular flexibility index (Phi) is 3.58. The fraction of sp³-hybridized carbons (Fsp3) is 0. The molecule has 3 rings (SSSR count). The maximum absolute atomic E-state index is 12.1.